The van der Waals surface area contributed by atoms with Crippen LogP contribution in [0.3, 0.4) is 0 Å². The molecular weight excluding hydrogens is 282 g/mol. The number of aromatic nitrogens is 1. The van der Waals surface area contributed by atoms with E-state index in [1.165, 1.54) is 0 Å². The molecule has 1 saturated heterocycles. The maximum atomic E-state index is 12.1. The molecule has 22 heavy (non-hydrogen) atoms. The molecule has 0 aliphatic carbocycles. The van der Waals surface area contributed by atoms with Crippen molar-refractivity contribution in [2.45, 2.75) is 19.8 Å². The maximum Gasteiger partial charge on any atom is 0.270 e. The van der Waals surface area contributed by atoms with E-state index in [-0.39, 0.29) is 24.7 Å². The number of imide groups is 1. The smallest absolute Gasteiger partial charge is 0.270 e. The Balaban J connectivity index is 1.74. The largest absolute Gasteiger partial charge is 0.324 e. The normalized spacial score (nSPS) is 14.5. The van der Waals surface area contributed by atoms with Gasteiger partial charge in [0.15, 0.2) is 0 Å². The first-order valence-corrected chi connectivity index (χ1v) is 6.96. The summed E-state index contributed by atoms with van der Waals surface area (Å²) in [6, 6.07) is 8.92. The number of nitrogens with one attached hydrogen (secondary N) is 1. The summed E-state index contributed by atoms with van der Waals surface area (Å²) in [6.07, 6.45) is 4.21. The second kappa shape index (κ2) is 5.48. The van der Waals surface area contributed by atoms with Crippen LogP contribution in [-0.4, -0.2) is 27.3 Å². The van der Waals surface area contributed by atoms with Crippen molar-refractivity contribution >= 4 is 17.7 Å². The second-order valence-electron chi connectivity index (χ2n) is 5.21. The Morgan fingerprint density at radius 1 is 1.05 bits per heavy atom. The lowest BCUT2D eigenvalue weighted by molar-refractivity contribution is -0.141. The van der Waals surface area contributed by atoms with Crippen molar-refractivity contribution in [3.8, 4) is 5.69 Å². The summed E-state index contributed by atoms with van der Waals surface area (Å²) in [7, 11) is 0. The summed E-state index contributed by atoms with van der Waals surface area (Å²) < 4.78 is 1.95. The molecule has 3 rings (SSSR count). The van der Waals surface area contributed by atoms with Crippen LogP contribution in [0.15, 0.2) is 42.7 Å². The number of carbonyl (C=O) groups excluding carboxylic acids is 3. The van der Waals surface area contributed by atoms with Gasteiger partial charge < -0.3 is 4.57 Å². The summed E-state index contributed by atoms with van der Waals surface area (Å²) in [5.74, 6) is -1.23. The average molecular weight is 297 g/mol. The van der Waals surface area contributed by atoms with Gasteiger partial charge in [-0.3, -0.25) is 19.8 Å². The van der Waals surface area contributed by atoms with E-state index in [2.05, 4.69) is 5.43 Å². The van der Waals surface area contributed by atoms with E-state index in [4.69, 9.17) is 0 Å². The van der Waals surface area contributed by atoms with Crippen molar-refractivity contribution in [3.63, 3.8) is 0 Å². The minimum Gasteiger partial charge on any atom is -0.324 e. The number of nitrogens with zero attached hydrogens (tertiary/aromatic N) is 2. The van der Waals surface area contributed by atoms with Crippen molar-refractivity contribution in [1.82, 2.24) is 15.0 Å². The Labute approximate surface area is 127 Å². The molecule has 0 saturated carbocycles. The summed E-state index contributed by atoms with van der Waals surface area (Å²) in [4.78, 5) is 35.0. The number of carbonyl (C=O) groups is 3. The highest BCUT2D eigenvalue weighted by atomic mass is 16.2. The van der Waals surface area contributed by atoms with Crippen molar-refractivity contribution in [2.75, 3.05) is 0 Å². The zero-order valence-corrected chi connectivity index (χ0v) is 12.1. The van der Waals surface area contributed by atoms with E-state index >= 15 is 0 Å². The molecule has 1 aliphatic heterocycles. The SMILES string of the molecule is Cc1ccn(-c2ccc(C(=O)NN3C(=O)CCC3=O)cc2)c1. The predicted molar refractivity (Wildman–Crippen MR) is 79.1 cm³/mol. The van der Waals surface area contributed by atoms with E-state index in [1.54, 1.807) is 12.1 Å². The monoisotopic (exact) mass is 297 g/mol. The first kappa shape index (κ1) is 14.1. The van der Waals surface area contributed by atoms with Crippen LogP contribution in [-0.2, 0) is 9.59 Å². The van der Waals surface area contributed by atoms with Gasteiger partial charge in [-0.2, -0.15) is 5.01 Å². The number of benzene rings is 1. The number of amides is 3. The highest BCUT2D eigenvalue weighted by Gasteiger charge is 2.30. The molecule has 0 bridgehead atoms. The van der Waals surface area contributed by atoms with Gasteiger partial charge in [0.1, 0.15) is 0 Å². The van der Waals surface area contributed by atoms with Crippen molar-refractivity contribution in [2.24, 2.45) is 0 Å². The third kappa shape index (κ3) is 2.63. The fourth-order valence-electron chi connectivity index (χ4n) is 2.32. The predicted octanol–water partition coefficient (Wildman–Crippen LogP) is 1.58. The number of hydrazine groups is 1. The lowest BCUT2D eigenvalue weighted by atomic mass is 10.2. The van der Waals surface area contributed by atoms with E-state index in [9.17, 15) is 14.4 Å². The van der Waals surface area contributed by atoms with Crippen LogP contribution in [0.2, 0.25) is 0 Å². The highest BCUT2D eigenvalue weighted by molar-refractivity contribution is 6.05. The topological polar surface area (TPSA) is 71.4 Å². The Hall–Kier alpha value is -2.89. The molecule has 3 amide bonds. The van der Waals surface area contributed by atoms with Crippen LogP contribution in [0.1, 0.15) is 28.8 Å². The van der Waals surface area contributed by atoms with Crippen LogP contribution >= 0.6 is 0 Å². The molecule has 0 unspecified atom stereocenters. The second-order valence-corrected chi connectivity index (χ2v) is 5.21. The number of hydrogen-bond donors (Lipinski definition) is 1. The third-order valence-corrected chi connectivity index (χ3v) is 3.53. The molecular formula is C16H15N3O3. The van der Waals surface area contributed by atoms with Gasteiger partial charge in [-0.25, -0.2) is 0 Å². The van der Waals surface area contributed by atoms with Crippen LogP contribution in [0.25, 0.3) is 5.69 Å². The molecule has 0 spiro atoms. The van der Waals surface area contributed by atoms with Crippen LogP contribution in [0, 0.1) is 6.92 Å². The zero-order valence-electron chi connectivity index (χ0n) is 12.1. The Kier molecular flexibility index (Phi) is 3.50. The number of rotatable bonds is 3. The van der Waals surface area contributed by atoms with Gasteiger partial charge in [-0.1, -0.05) is 0 Å². The molecule has 1 aliphatic rings. The van der Waals surface area contributed by atoms with Crippen LogP contribution in [0.5, 0.6) is 0 Å². The minimum atomic E-state index is -0.473. The van der Waals surface area contributed by atoms with Gasteiger partial charge in [0.05, 0.1) is 0 Å². The van der Waals surface area contributed by atoms with Gasteiger partial charge >= 0.3 is 0 Å². The summed E-state index contributed by atoms with van der Waals surface area (Å²) in [5, 5.41) is 0.797. The molecule has 2 heterocycles. The molecule has 2 aromatic rings. The van der Waals surface area contributed by atoms with Gasteiger partial charge in [-0.05, 0) is 42.8 Å². The summed E-state index contributed by atoms with van der Waals surface area (Å²) in [6.45, 7) is 2.00. The van der Waals surface area contributed by atoms with E-state index in [0.29, 0.717) is 5.56 Å². The minimum absolute atomic E-state index is 0.144. The fourth-order valence-corrected chi connectivity index (χ4v) is 2.32. The van der Waals surface area contributed by atoms with Crippen LogP contribution < -0.4 is 5.43 Å². The van der Waals surface area contributed by atoms with Gasteiger partial charge in [0.2, 0.25) is 11.8 Å². The van der Waals surface area contributed by atoms with E-state index < -0.39 is 5.91 Å². The Morgan fingerprint density at radius 3 is 2.23 bits per heavy atom. The molecule has 0 radical (unpaired) electrons. The summed E-state index contributed by atoms with van der Waals surface area (Å²) in [5.41, 5.74) is 4.81. The highest BCUT2D eigenvalue weighted by Crippen LogP contribution is 2.13. The van der Waals surface area contributed by atoms with Crippen molar-refractivity contribution < 1.29 is 14.4 Å². The number of aryl methyl sites for hydroxylation is 1. The molecule has 0 atom stereocenters. The first-order valence-electron chi connectivity index (χ1n) is 6.96. The van der Waals surface area contributed by atoms with Crippen molar-refractivity contribution in [1.29, 1.82) is 0 Å². The molecule has 1 aromatic carbocycles. The lowest BCUT2D eigenvalue weighted by Gasteiger charge is -2.15. The molecule has 6 heteroatoms. The maximum absolute atomic E-state index is 12.1. The fraction of sp³-hybridized carbons (Fsp3) is 0.188. The molecule has 1 fully saturated rings. The molecule has 1 aromatic heterocycles. The first-order chi connectivity index (χ1) is 10.5. The van der Waals surface area contributed by atoms with E-state index in [1.807, 2.05) is 42.1 Å². The van der Waals surface area contributed by atoms with Gasteiger partial charge in [-0.15, -0.1) is 0 Å². The molecule has 6 nitrogen and oxygen atoms in total. The third-order valence-electron chi connectivity index (χ3n) is 3.53. The van der Waals surface area contributed by atoms with E-state index in [0.717, 1.165) is 16.3 Å². The Morgan fingerprint density at radius 2 is 1.68 bits per heavy atom. The van der Waals surface area contributed by atoms with Crippen LogP contribution in [0.4, 0.5) is 0 Å². The number of hydrogen-bond acceptors (Lipinski definition) is 3. The molecule has 1 N–H and O–H groups in total. The summed E-state index contributed by atoms with van der Waals surface area (Å²) >= 11 is 0. The van der Waals surface area contributed by atoms with Crippen molar-refractivity contribution in [3.05, 3.63) is 53.9 Å². The van der Waals surface area contributed by atoms with Gasteiger partial charge in [0.25, 0.3) is 5.91 Å². The zero-order chi connectivity index (χ0) is 15.7. The Bertz CT molecular complexity index is 730. The quantitative estimate of drug-likeness (QED) is 0.874. The van der Waals surface area contributed by atoms with Gasteiger partial charge in [0, 0.05) is 36.5 Å². The molecule has 112 valence electrons. The lowest BCUT2D eigenvalue weighted by Crippen LogP contribution is -2.45. The average Bonchev–Trinajstić information content (AvgIpc) is 3.08. The standard InChI is InChI=1S/C16H15N3O3/c1-11-8-9-18(10-11)13-4-2-12(3-5-13)16(22)17-19-14(20)6-7-15(19)21/h2-5,8-10H,6-7H2,1H3,(H,17,22).